The highest BCUT2D eigenvalue weighted by Gasteiger charge is 2.44. The zero-order valence-electron chi connectivity index (χ0n) is 13.7. The number of aromatic hydroxyl groups is 2. The summed E-state index contributed by atoms with van der Waals surface area (Å²) < 4.78 is 10.8. The summed E-state index contributed by atoms with van der Waals surface area (Å²) >= 11 is 0. The monoisotopic (exact) mass is 328 g/mol. The van der Waals surface area contributed by atoms with E-state index >= 15 is 0 Å². The third-order valence-electron chi connectivity index (χ3n) is 5.22. The van der Waals surface area contributed by atoms with Gasteiger partial charge in [0.05, 0.1) is 5.56 Å². The molecule has 2 N–H and O–H groups in total. The molecule has 24 heavy (non-hydrogen) atoms. The molecule has 0 bridgehead atoms. The van der Waals surface area contributed by atoms with Crippen LogP contribution >= 0.6 is 0 Å². The summed E-state index contributed by atoms with van der Waals surface area (Å²) in [6.07, 6.45) is -0.255. The molecule has 124 valence electrons. The molecule has 0 saturated carbocycles. The van der Waals surface area contributed by atoms with Crippen molar-refractivity contribution < 1.29 is 19.4 Å². The number of fused-ring (bicyclic) bond motifs is 2. The van der Waals surface area contributed by atoms with Crippen LogP contribution in [0.15, 0.2) is 20.1 Å². The Hall–Kier alpha value is -2.76. The molecule has 0 unspecified atom stereocenters. The van der Waals surface area contributed by atoms with E-state index in [1.807, 2.05) is 20.8 Å². The Morgan fingerprint density at radius 1 is 1.04 bits per heavy atom. The minimum absolute atomic E-state index is 0.0943. The van der Waals surface area contributed by atoms with E-state index in [1.54, 1.807) is 6.92 Å². The standard InChI is InChI=1S/C18H16O6/c1-6-5-8(19)10-11-9(6)15-13(18(3,4)7(2)23-15)14(20)12(11)17(22)24-16(10)21/h5,7,21-22H,1-4H3/t7-/m0/s1. The van der Waals surface area contributed by atoms with Crippen LogP contribution in [0.4, 0.5) is 0 Å². The van der Waals surface area contributed by atoms with Gasteiger partial charge in [-0.2, -0.15) is 0 Å². The third kappa shape index (κ3) is 1.50. The van der Waals surface area contributed by atoms with Crippen LogP contribution in [-0.2, 0) is 5.41 Å². The SMILES string of the molecule is Cc1cc(=O)c2c(O)oc(O)c3c(=O)c4c(c1c23)O[C@@H](C)C4(C)C. The fraction of sp³-hybridized carbons (Fsp3) is 0.333. The summed E-state index contributed by atoms with van der Waals surface area (Å²) in [5.41, 5.74) is -0.423. The Bertz CT molecular complexity index is 1140. The lowest BCUT2D eigenvalue weighted by Gasteiger charge is -2.21. The second-order valence-corrected chi connectivity index (χ2v) is 6.92. The van der Waals surface area contributed by atoms with Crippen LogP contribution in [0, 0.1) is 6.92 Å². The molecule has 0 aliphatic carbocycles. The van der Waals surface area contributed by atoms with Crippen molar-refractivity contribution in [2.45, 2.75) is 39.2 Å². The molecule has 0 fully saturated rings. The van der Waals surface area contributed by atoms with E-state index in [0.29, 0.717) is 22.3 Å². The zero-order chi connectivity index (χ0) is 17.5. The van der Waals surface area contributed by atoms with E-state index < -0.39 is 28.2 Å². The summed E-state index contributed by atoms with van der Waals surface area (Å²) in [5.74, 6) is -0.990. The highest BCUT2D eigenvalue weighted by Crippen LogP contribution is 2.49. The van der Waals surface area contributed by atoms with E-state index in [2.05, 4.69) is 0 Å². The predicted molar refractivity (Wildman–Crippen MR) is 88.6 cm³/mol. The average molecular weight is 328 g/mol. The smallest absolute Gasteiger partial charge is 0.296 e. The molecule has 1 aliphatic rings. The van der Waals surface area contributed by atoms with Crippen molar-refractivity contribution in [3.63, 3.8) is 0 Å². The van der Waals surface area contributed by atoms with E-state index in [4.69, 9.17) is 9.15 Å². The maximum absolute atomic E-state index is 13.1. The highest BCUT2D eigenvalue weighted by molar-refractivity contribution is 6.16. The lowest BCUT2D eigenvalue weighted by atomic mass is 9.79. The van der Waals surface area contributed by atoms with E-state index in [0.717, 1.165) is 0 Å². The quantitative estimate of drug-likeness (QED) is 0.658. The molecule has 0 radical (unpaired) electrons. The Morgan fingerprint density at radius 2 is 1.67 bits per heavy atom. The van der Waals surface area contributed by atoms with Crippen molar-refractivity contribution in [1.29, 1.82) is 0 Å². The van der Waals surface area contributed by atoms with Gasteiger partial charge in [0.25, 0.3) is 11.9 Å². The molecule has 0 amide bonds. The van der Waals surface area contributed by atoms with E-state index in [1.165, 1.54) is 6.07 Å². The van der Waals surface area contributed by atoms with Crippen molar-refractivity contribution in [2.75, 3.05) is 0 Å². The van der Waals surface area contributed by atoms with Crippen LogP contribution in [0.5, 0.6) is 17.6 Å². The first-order valence-corrected chi connectivity index (χ1v) is 7.65. The molecule has 6 heteroatoms. The number of hydrogen-bond donors (Lipinski definition) is 2. The van der Waals surface area contributed by atoms with E-state index in [9.17, 15) is 19.8 Å². The van der Waals surface area contributed by atoms with Gasteiger partial charge in [-0.1, -0.05) is 13.8 Å². The maximum atomic E-state index is 13.1. The molecule has 4 rings (SSSR count). The van der Waals surface area contributed by atoms with Crippen LogP contribution in [0.2, 0.25) is 0 Å². The Labute approximate surface area is 136 Å². The second kappa shape index (κ2) is 4.20. The van der Waals surface area contributed by atoms with Gasteiger partial charge in [0, 0.05) is 16.2 Å². The lowest BCUT2D eigenvalue weighted by Crippen LogP contribution is -2.32. The highest BCUT2D eigenvalue weighted by atomic mass is 16.5. The van der Waals surface area contributed by atoms with Gasteiger partial charge >= 0.3 is 0 Å². The van der Waals surface area contributed by atoms with E-state index in [-0.39, 0.29) is 22.3 Å². The first-order chi connectivity index (χ1) is 11.2. The van der Waals surface area contributed by atoms with Crippen LogP contribution < -0.4 is 15.6 Å². The number of ether oxygens (including phenoxy) is 1. The second-order valence-electron chi connectivity index (χ2n) is 6.92. The van der Waals surface area contributed by atoms with Crippen molar-refractivity contribution >= 4 is 21.5 Å². The third-order valence-corrected chi connectivity index (χ3v) is 5.22. The summed E-state index contributed by atoms with van der Waals surface area (Å²) in [5, 5.41) is 20.6. The molecule has 1 aliphatic heterocycles. The summed E-state index contributed by atoms with van der Waals surface area (Å²) in [6, 6.07) is 1.37. The average Bonchev–Trinajstić information content (AvgIpc) is 2.68. The molecular weight excluding hydrogens is 312 g/mol. The van der Waals surface area contributed by atoms with Crippen LogP contribution in [0.25, 0.3) is 21.5 Å². The van der Waals surface area contributed by atoms with Gasteiger partial charge in [-0.05, 0) is 25.5 Å². The molecule has 2 aromatic carbocycles. The van der Waals surface area contributed by atoms with Gasteiger partial charge in [0.1, 0.15) is 22.6 Å². The minimum Gasteiger partial charge on any atom is -0.489 e. The normalized spacial score (nSPS) is 18.9. The molecule has 3 aromatic rings. The summed E-state index contributed by atoms with van der Waals surface area (Å²) in [7, 11) is 0. The van der Waals surface area contributed by atoms with Gasteiger partial charge in [-0.15, -0.1) is 0 Å². The van der Waals surface area contributed by atoms with Crippen molar-refractivity contribution in [2.24, 2.45) is 0 Å². The van der Waals surface area contributed by atoms with Crippen molar-refractivity contribution in [3.05, 3.63) is 37.6 Å². The van der Waals surface area contributed by atoms with Gasteiger partial charge in [0.15, 0.2) is 5.43 Å². The van der Waals surface area contributed by atoms with Gasteiger partial charge in [-0.25, -0.2) is 0 Å². The predicted octanol–water partition coefficient (Wildman–Crippen LogP) is 2.52. The molecule has 1 aromatic heterocycles. The molecule has 6 nitrogen and oxygen atoms in total. The first-order valence-electron chi connectivity index (χ1n) is 7.65. The van der Waals surface area contributed by atoms with Crippen LogP contribution in [-0.4, -0.2) is 16.3 Å². The van der Waals surface area contributed by atoms with Gasteiger partial charge in [0.2, 0.25) is 5.43 Å². The zero-order valence-corrected chi connectivity index (χ0v) is 13.7. The van der Waals surface area contributed by atoms with Gasteiger partial charge < -0.3 is 19.4 Å². The topological polar surface area (TPSA) is 97.0 Å². The Balaban J connectivity index is 2.45. The maximum Gasteiger partial charge on any atom is 0.296 e. The molecule has 1 atom stereocenters. The summed E-state index contributed by atoms with van der Waals surface area (Å²) in [4.78, 5) is 25.4. The largest absolute Gasteiger partial charge is 0.489 e. The lowest BCUT2D eigenvalue weighted by molar-refractivity contribution is 0.187. The number of benzene rings is 2. The number of aryl methyl sites for hydroxylation is 1. The number of hydrogen-bond acceptors (Lipinski definition) is 6. The van der Waals surface area contributed by atoms with Crippen LogP contribution in [0.1, 0.15) is 31.9 Å². The Kier molecular flexibility index (Phi) is 2.59. The van der Waals surface area contributed by atoms with Crippen molar-refractivity contribution in [1.82, 2.24) is 0 Å². The summed E-state index contributed by atoms with van der Waals surface area (Å²) in [6.45, 7) is 7.39. The van der Waals surface area contributed by atoms with Crippen LogP contribution in [0.3, 0.4) is 0 Å². The molecular formula is C18H16O6. The fourth-order valence-electron chi connectivity index (χ4n) is 3.64. The number of rotatable bonds is 0. The minimum atomic E-state index is -0.709. The van der Waals surface area contributed by atoms with Gasteiger partial charge in [-0.3, -0.25) is 9.59 Å². The molecule has 0 saturated heterocycles. The fourth-order valence-corrected chi connectivity index (χ4v) is 3.64. The Morgan fingerprint density at radius 3 is 2.33 bits per heavy atom. The van der Waals surface area contributed by atoms with Crippen molar-refractivity contribution in [3.8, 4) is 17.6 Å². The molecule has 2 heterocycles. The molecule has 0 spiro atoms. The first kappa shape index (κ1) is 14.8.